The lowest BCUT2D eigenvalue weighted by Crippen LogP contribution is -2.39. The Kier molecular flexibility index (Phi) is 6.18. The van der Waals surface area contributed by atoms with Crippen LogP contribution in [0.4, 0.5) is 5.69 Å². The number of aliphatic hydroxyl groups is 1. The molecule has 0 spiro atoms. The van der Waals surface area contributed by atoms with Gasteiger partial charge in [0.15, 0.2) is 11.5 Å². The molecule has 7 nitrogen and oxygen atoms in total. The molecule has 4 rings (SSSR count). The fraction of sp³-hybridized carbons (Fsp3) is 0.391. The summed E-state index contributed by atoms with van der Waals surface area (Å²) in [5.41, 5.74) is 1.97. The number of rotatable bonds is 5. The van der Waals surface area contributed by atoms with E-state index in [1.165, 1.54) is 0 Å². The lowest BCUT2D eigenvalue weighted by molar-refractivity contribution is -0.115. The van der Waals surface area contributed by atoms with Gasteiger partial charge >= 0.3 is 0 Å². The molecule has 0 unspecified atom stereocenters. The average Bonchev–Trinajstić information content (AvgIpc) is 2.78. The van der Waals surface area contributed by atoms with E-state index in [2.05, 4.69) is 5.32 Å². The van der Waals surface area contributed by atoms with Crippen molar-refractivity contribution in [1.82, 2.24) is 4.90 Å². The van der Waals surface area contributed by atoms with Gasteiger partial charge in [0.1, 0.15) is 13.2 Å². The molecule has 2 aromatic carbocycles. The molecule has 2 N–H and O–H groups in total. The molecule has 0 saturated carbocycles. The summed E-state index contributed by atoms with van der Waals surface area (Å²) >= 11 is 0. The zero-order valence-electron chi connectivity index (χ0n) is 16.8. The Morgan fingerprint density at radius 2 is 1.80 bits per heavy atom. The van der Waals surface area contributed by atoms with Gasteiger partial charge in [-0.05, 0) is 54.7 Å². The maximum absolute atomic E-state index is 12.8. The van der Waals surface area contributed by atoms with Gasteiger partial charge in [-0.3, -0.25) is 9.59 Å². The molecule has 30 heavy (non-hydrogen) atoms. The highest BCUT2D eigenvalue weighted by atomic mass is 16.6. The van der Waals surface area contributed by atoms with Crippen molar-refractivity contribution < 1.29 is 24.2 Å². The second kappa shape index (κ2) is 9.17. The number of likely N-dealkylation sites (tertiary alicyclic amines) is 1. The van der Waals surface area contributed by atoms with Crippen LogP contribution >= 0.6 is 0 Å². The number of carbonyl (C=O) groups excluding carboxylic acids is 2. The van der Waals surface area contributed by atoms with Crippen LogP contribution in [0.25, 0.3) is 0 Å². The quantitative estimate of drug-likeness (QED) is 0.791. The van der Waals surface area contributed by atoms with E-state index in [4.69, 9.17) is 9.47 Å². The topological polar surface area (TPSA) is 88.1 Å². The van der Waals surface area contributed by atoms with Crippen LogP contribution in [0.2, 0.25) is 0 Å². The van der Waals surface area contributed by atoms with Gasteiger partial charge in [-0.15, -0.1) is 0 Å². The van der Waals surface area contributed by atoms with Crippen LogP contribution in [-0.4, -0.2) is 54.7 Å². The number of benzene rings is 2. The summed E-state index contributed by atoms with van der Waals surface area (Å²) in [5.74, 6) is 1.42. The third-order valence-electron chi connectivity index (χ3n) is 5.52. The number of hydrogen-bond donors (Lipinski definition) is 2. The number of hydrogen-bond acceptors (Lipinski definition) is 5. The number of nitrogens with one attached hydrogen (secondary N) is 1. The molecule has 7 heteroatoms. The van der Waals surface area contributed by atoms with Crippen LogP contribution in [0.1, 0.15) is 28.8 Å². The lowest BCUT2D eigenvalue weighted by atomic mass is 9.97. The minimum absolute atomic E-state index is 0.0469. The van der Waals surface area contributed by atoms with Crippen molar-refractivity contribution in [1.29, 1.82) is 0 Å². The molecule has 2 aliphatic rings. The Hall–Kier alpha value is -3.06. The monoisotopic (exact) mass is 410 g/mol. The van der Waals surface area contributed by atoms with Gasteiger partial charge in [-0.25, -0.2) is 0 Å². The number of amides is 2. The summed E-state index contributed by atoms with van der Waals surface area (Å²) in [5, 5.41) is 12.1. The fourth-order valence-electron chi connectivity index (χ4n) is 3.82. The van der Waals surface area contributed by atoms with Crippen molar-refractivity contribution in [3.05, 3.63) is 53.6 Å². The van der Waals surface area contributed by atoms with E-state index in [-0.39, 0.29) is 30.8 Å². The molecule has 158 valence electrons. The van der Waals surface area contributed by atoms with Crippen molar-refractivity contribution in [3.63, 3.8) is 0 Å². The highest BCUT2D eigenvalue weighted by Crippen LogP contribution is 2.31. The molecule has 0 atom stereocenters. The number of aliphatic hydroxyl groups excluding tert-OH is 1. The molecule has 1 fully saturated rings. The summed E-state index contributed by atoms with van der Waals surface area (Å²) in [6.45, 7) is 2.49. The van der Waals surface area contributed by atoms with Gasteiger partial charge in [-0.1, -0.05) is 12.1 Å². The maximum Gasteiger partial charge on any atom is 0.253 e. The van der Waals surface area contributed by atoms with Crippen molar-refractivity contribution in [3.8, 4) is 11.5 Å². The van der Waals surface area contributed by atoms with Gasteiger partial charge in [-0.2, -0.15) is 0 Å². The van der Waals surface area contributed by atoms with E-state index < -0.39 is 0 Å². The first-order valence-electron chi connectivity index (χ1n) is 10.3. The van der Waals surface area contributed by atoms with Crippen LogP contribution in [0.15, 0.2) is 42.5 Å². The van der Waals surface area contributed by atoms with Gasteiger partial charge in [0.25, 0.3) is 5.91 Å². The van der Waals surface area contributed by atoms with E-state index in [1.807, 2.05) is 23.1 Å². The van der Waals surface area contributed by atoms with Crippen molar-refractivity contribution >= 4 is 17.5 Å². The summed E-state index contributed by atoms with van der Waals surface area (Å²) in [4.78, 5) is 27.1. The summed E-state index contributed by atoms with van der Waals surface area (Å²) in [6.07, 6.45) is 1.83. The highest BCUT2D eigenvalue weighted by Gasteiger charge is 2.23. The van der Waals surface area contributed by atoms with Gasteiger partial charge in [0, 0.05) is 30.9 Å². The standard InChI is InChI=1S/C23H26N2O5/c26-15-16-6-8-25(9-7-16)23(28)18-2-1-3-19(14-18)24-22(27)13-17-4-5-20-21(12-17)30-11-10-29-20/h1-5,12,14,16,26H,6-11,13,15H2,(H,24,27). The van der Waals surface area contributed by atoms with Gasteiger partial charge in [0.2, 0.25) is 5.91 Å². The molecule has 0 radical (unpaired) electrons. The van der Waals surface area contributed by atoms with Gasteiger partial charge < -0.3 is 24.8 Å². The fourth-order valence-corrected chi connectivity index (χ4v) is 3.82. The minimum atomic E-state index is -0.167. The van der Waals surface area contributed by atoms with Crippen LogP contribution in [0.5, 0.6) is 11.5 Å². The Morgan fingerprint density at radius 1 is 1.03 bits per heavy atom. The second-order valence-electron chi connectivity index (χ2n) is 7.70. The first-order chi connectivity index (χ1) is 14.6. The molecule has 0 aliphatic carbocycles. The molecular weight excluding hydrogens is 384 g/mol. The molecule has 0 bridgehead atoms. The van der Waals surface area contributed by atoms with Crippen LogP contribution in [-0.2, 0) is 11.2 Å². The van der Waals surface area contributed by atoms with E-state index >= 15 is 0 Å². The molecule has 0 aromatic heterocycles. The predicted molar refractivity (Wildman–Crippen MR) is 112 cm³/mol. The largest absolute Gasteiger partial charge is 0.486 e. The zero-order chi connectivity index (χ0) is 20.9. The second-order valence-corrected chi connectivity index (χ2v) is 7.70. The molecule has 2 heterocycles. The smallest absolute Gasteiger partial charge is 0.253 e. The van der Waals surface area contributed by atoms with E-state index in [9.17, 15) is 14.7 Å². The Labute approximate surface area is 175 Å². The third-order valence-corrected chi connectivity index (χ3v) is 5.52. The van der Waals surface area contributed by atoms with E-state index in [0.29, 0.717) is 49.1 Å². The summed E-state index contributed by atoms with van der Waals surface area (Å²) in [7, 11) is 0. The summed E-state index contributed by atoms with van der Waals surface area (Å²) in [6, 6.07) is 12.5. The molecule has 2 aliphatic heterocycles. The summed E-state index contributed by atoms with van der Waals surface area (Å²) < 4.78 is 11.1. The maximum atomic E-state index is 12.8. The Balaban J connectivity index is 1.37. The number of anilines is 1. The Bertz CT molecular complexity index is 922. The van der Waals surface area contributed by atoms with Crippen molar-refractivity contribution in [2.24, 2.45) is 5.92 Å². The van der Waals surface area contributed by atoms with E-state index in [0.717, 1.165) is 18.4 Å². The van der Waals surface area contributed by atoms with E-state index in [1.54, 1.807) is 24.3 Å². The molecule has 2 amide bonds. The number of carbonyl (C=O) groups is 2. The molecule has 2 aromatic rings. The molecular formula is C23H26N2O5. The van der Waals surface area contributed by atoms with Crippen molar-refractivity contribution in [2.75, 3.05) is 38.2 Å². The number of piperidine rings is 1. The normalized spacial score (nSPS) is 16.2. The first kappa shape index (κ1) is 20.2. The van der Waals surface area contributed by atoms with Crippen LogP contribution in [0.3, 0.4) is 0 Å². The first-order valence-corrected chi connectivity index (χ1v) is 10.3. The minimum Gasteiger partial charge on any atom is -0.486 e. The molecule has 1 saturated heterocycles. The number of nitrogens with zero attached hydrogens (tertiary/aromatic N) is 1. The van der Waals surface area contributed by atoms with Crippen LogP contribution < -0.4 is 14.8 Å². The number of ether oxygens (including phenoxy) is 2. The van der Waals surface area contributed by atoms with Crippen LogP contribution in [0, 0.1) is 5.92 Å². The van der Waals surface area contributed by atoms with Gasteiger partial charge in [0.05, 0.1) is 6.42 Å². The highest BCUT2D eigenvalue weighted by molar-refractivity contribution is 5.97. The third kappa shape index (κ3) is 4.74. The SMILES string of the molecule is O=C(Cc1ccc2c(c1)OCCO2)Nc1cccc(C(=O)N2CCC(CO)CC2)c1. The number of fused-ring (bicyclic) bond motifs is 1. The Morgan fingerprint density at radius 3 is 2.57 bits per heavy atom. The predicted octanol–water partition coefficient (Wildman–Crippen LogP) is 2.48. The average molecular weight is 410 g/mol. The zero-order valence-corrected chi connectivity index (χ0v) is 16.8. The van der Waals surface area contributed by atoms with Crippen molar-refractivity contribution in [2.45, 2.75) is 19.3 Å². The lowest BCUT2D eigenvalue weighted by Gasteiger charge is -2.31.